The smallest absolute Gasteiger partial charge is 0.0531 e. The third kappa shape index (κ3) is 3.46. The van der Waals surface area contributed by atoms with Crippen molar-refractivity contribution in [2.45, 2.75) is 33.1 Å². The molecule has 0 aromatic rings. The van der Waals surface area contributed by atoms with Gasteiger partial charge in [-0.15, -0.1) is 0 Å². The van der Waals surface area contributed by atoms with Crippen molar-refractivity contribution < 1.29 is 4.74 Å². The van der Waals surface area contributed by atoms with Crippen molar-refractivity contribution in [2.24, 2.45) is 17.3 Å². The first-order valence-corrected chi connectivity index (χ1v) is 7.57. The van der Waals surface area contributed by atoms with Gasteiger partial charge in [0.2, 0.25) is 0 Å². The van der Waals surface area contributed by atoms with Gasteiger partial charge in [-0.1, -0.05) is 13.8 Å². The minimum absolute atomic E-state index is 0.403. The lowest BCUT2D eigenvalue weighted by Crippen LogP contribution is -2.50. The molecule has 0 amide bonds. The predicted molar refractivity (Wildman–Crippen MR) is 75.8 cm³/mol. The van der Waals surface area contributed by atoms with Crippen LogP contribution in [0.4, 0.5) is 0 Å². The summed E-state index contributed by atoms with van der Waals surface area (Å²) in [6.07, 6.45) is 3.89. The summed E-state index contributed by atoms with van der Waals surface area (Å²) in [4.78, 5) is 2.69. The van der Waals surface area contributed by atoms with Crippen molar-refractivity contribution in [1.29, 1.82) is 0 Å². The number of hydrogen-bond acceptors (Lipinski definition) is 3. The summed E-state index contributed by atoms with van der Waals surface area (Å²) in [7, 11) is 1.85. The molecule has 2 aliphatic rings. The molecule has 2 atom stereocenters. The van der Waals surface area contributed by atoms with Gasteiger partial charge in [0, 0.05) is 25.6 Å². The minimum atomic E-state index is 0.403. The normalized spacial score (nSPS) is 33.5. The summed E-state index contributed by atoms with van der Waals surface area (Å²) in [5.41, 5.74) is 0.403. The second-order valence-electron chi connectivity index (χ2n) is 6.66. The molecule has 18 heavy (non-hydrogen) atoms. The van der Waals surface area contributed by atoms with E-state index in [1.807, 2.05) is 7.11 Å². The number of likely N-dealkylation sites (tertiary alicyclic amines) is 1. The van der Waals surface area contributed by atoms with Crippen molar-refractivity contribution >= 4 is 0 Å². The number of nitrogens with zero attached hydrogens (tertiary/aromatic N) is 1. The fourth-order valence-corrected chi connectivity index (χ4v) is 3.58. The molecule has 0 aromatic carbocycles. The zero-order chi connectivity index (χ0) is 13.0. The van der Waals surface area contributed by atoms with Crippen LogP contribution in [-0.2, 0) is 4.74 Å². The molecule has 3 nitrogen and oxygen atoms in total. The Morgan fingerprint density at radius 2 is 1.94 bits per heavy atom. The third-order valence-corrected chi connectivity index (χ3v) is 5.09. The minimum Gasteiger partial charge on any atom is -0.384 e. The molecule has 2 aliphatic heterocycles. The standard InChI is InChI=1S/C15H30N2O/c1-13-4-9-17(10-14(13)2)11-15(12-18-3)5-7-16-8-6-15/h13-14,16H,4-12H2,1-3H3. The molecule has 1 N–H and O–H groups in total. The predicted octanol–water partition coefficient (Wildman–Crippen LogP) is 1.98. The summed E-state index contributed by atoms with van der Waals surface area (Å²) in [5.74, 6) is 1.74. The van der Waals surface area contributed by atoms with Crippen molar-refractivity contribution in [2.75, 3.05) is 46.4 Å². The number of piperidine rings is 2. The molecule has 2 saturated heterocycles. The molecule has 2 unspecified atom stereocenters. The summed E-state index contributed by atoms with van der Waals surface area (Å²) < 4.78 is 5.52. The second kappa shape index (κ2) is 6.36. The molecular formula is C15H30N2O. The first-order chi connectivity index (χ1) is 8.65. The van der Waals surface area contributed by atoms with E-state index in [0.717, 1.165) is 31.5 Å². The highest BCUT2D eigenvalue weighted by Gasteiger charge is 2.35. The van der Waals surface area contributed by atoms with Gasteiger partial charge in [-0.05, 0) is 50.7 Å². The number of nitrogens with one attached hydrogen (secondary N) is 1. The molecule has 106 valence electrons. The lowest BCUT2D eigenvalue weighted by molar-refractivity contribution is 0.00608. The molecule has 2 fully saturated rings. The molecular weight excluding hydrogens is 224 g/mol. The van der Waals surface area contributed by atoms with Crippen LogP contribution in [-0.4, -0.2) is 51.3 Å². The van der Waals surface area contributed by atoms with Crippen LogP contribution in [0.5, 0.6) is 0 Å². The lowest BCUT2D eigenvalue weighted by Gasteiger charge is -2.44. The molecule has 0 saturated carbocycles. The first-order valence-electron chi connectivity index (χ1n) is 7.57. The third-order valence-electron chi connectivity index (χ3n) is 5.09. The van der Waals surface area contributed by atoms with Crippen molar-refractivity contribution in [3.05, 3.63) is 0 Å². The number of hydrogen-bond donors (Lipinski definition) is 1. The number of rotatable bonds is 4. The van der Waals surface area contributed by atoms with Gasteiger partial charge < -0.3 is 15.0 Å². The highest BCUT2D eigenvalue weighted by Crippen LogP contribution is 2.32. The average molecular weight is 254 g/mol. The zero-order valence-electron chi connectivity index (χ0n) is 12.4. The highest BCUT2D eigenvalue weighted by atomic mass is 16.5. The van der Waals surface area contributed by atoms with E-state index in [1.54, 1.807) is 0 Å². The van der Waals surface area contributed by atoms with Gasteiger partial charge in [-0.2, -0.15) is 0 Å². The van der Waals surface area contributed by atoms with Gasteiger partial charge >= 0.3 is 0 Å². The number of ether oxygens (including phenoxy) is 1. The van der Waals surface area contributed by atoms with Crippen LogP contribution in [0, 0.1) is 17.3 Å². The van der Waals surface area contributed by atoms with Crippen LogP contribution >= 0.6 is 0 Å². The molecule has 2 rings (SSSR count). The lowest BCUT2D eigenvalue weighted by atomic mass is 9.78. The summed E-state index contributed by atoms with van der Waals surface area (Å²) in [6, 6.07) is 0. The molecule has 3 heteroatoms. The first kappa shape index (κ1) is 14.3. The SMILES string of the molecule is COCC1(CN2CCC(C)C(C)C2)CCNCC1. The van der Waals surface area contributed by atoms with Crippen molar-refractivity contribution in [3.8, 4) is 0 Å². The van der Waals surface area contributed by atoms with E-state index in [9.17, 15) is 0 Å². The van der Waals surface area contributed by atoms with Crippen LogP contribution in [0.3, 0.4) is 0 Å². The fraction of sp³-hybridized carbons (Fsp3) is 1.00. The Bertz CT molecular complexity index is 245. The molecule has 0 aliphatic carbocycles. The van der Waals surface area contributed by atoms with E-state index in [0.29, 0.717) is 5.41 Å². The van der Waals surface area contributed by atoms with Crippen LogP contribution in [0.2, 0.25) is 0 Å². The van der Waals surface area contributed by atoms with E-state index in [-0.39, 0.29) is 0 Å². The topological polar surface area (TPSA) is 24.5 Å². The van der Waals surface area contributed by atoms with E-state index < -0.39 is 0 Å². The maximum atomic E-state index is 5.52. The quantitative estimate of drug-likeness (QED) is 0.830. The van der Waals surface area contributed by atoms with Gasteiger partial charge in [-0.3, -0.25) is 0 Å². The maximum Gasteiger partial charge on any atom is 0.0531 e. The fourth-order valence-electron chi connectivity index (χ4n) is 3.58. The maximum absolute atomic E-state index is 5.52. The van der Waals surface area contributed by atoms with E-state index >= 15 is 0 Å². The van der Waals surface area contributed by atoms with Gasteiger partial charge in [0.1, 0.15) is 0 Å². The Hall–Kier alpha value is -0.120. The largest absolute Gasteiger partial charge is 0.384 e. The van der Waals surface area contributed by atoms with Crippen LogP contribution < -0.4 is 5.32 Å². The van der Waals surface area contributed by atoms with Gasteiger partial charge in [0.15, 0.2) is 0 Å². The summed E-state index contributed by atoms with van der Waals surface area (Å²) in [5, 5.41) is 3.48. The Morgan fingerprint density at radius 1 is 1.22 bits per heavy atom. The van der Waals surface area contributed by atoms with Crippen LogP contribution in [0.1, 0.15) is 33.1 Å². The van der Waals surface area contributed by atoms with Gasteiger partial charge in [0.05, 0.1) is 6.61 Å². The Kier molecular flexibility index (Phi) is 5.05. The summed E-state index contributed by atoms with van der Waals surface area (Å²) in [6.45, 7) is 11.8. The Labute approximate surface area is 112 Å². The monoisotopic (exact) mass is 254 g/mol. The molecule has 0 radical (unpaired) electrons. The van der Waals surface area contributed by atoms with Crippen molar-refractivity contribution in [1.82, 2.24) is 10.2 Å². The van der Waals surface area contributed by atoms with Gasteiger partial charge in [0.25, 0.3) is 0 Å². The highest BCUT2D eigenvalue weighted by molar-refractivity contribution is 4.89. The zero-order valence-corrected chi connectivity index (χ0v) is 12.4. The molecule has 2 heterocycles. The Morgan fingerprint density at radius 3 is 2.56 bits per heavy atom. The summed E-state index contributed by atoms with van der Waals surface area (Å²) >= 11 is 0. The van der Waals surface area contributed by atoms with Gasteiger partial charge in [-0.25, -0.2) is 0 Å². The van der Waals surface area contributed by atoms with Crippen molar-refractivity contribution in [3.63, 3.8) is 0 Å². The van der Waals surface area contributed by atoms with Crippen LogP contribution in [0.15, 0.2) is 0 Å². The van der Waals surface area contributed by atoms with E-state index in [4.69, 9.17) is 4.74 Å². The Balaban J connectivity index is 1.92. The molecule has 0 aromatic heterocycles. The van der Waals surface area contributed by atoms with E-state index in [2.05, 4.69) is 24.1 Å². The van der Waals surface area contributed by atoms with Crippen LogP contribution in [0.25, 0.3) is 0 Å². The number of methoxy groups -OCH3 is 1. The van der Waals surface area contributed by atoms with E-state index in [1.165, 1.54) is 38.9 Å². The molecule has 0 bridgehead atoms. The second-order valence-corrected chi connectivity index (χ2v) is 6.66. The average Bonchev–Trinajstić information content (AvgIpc) is 2.35. The molecule has 0 spiro atoms.